The van der Waals surface area contributed by atoms with Gasteiger partial charge in [0.25, 0.3) is 0 Å². The Labute approximate surface area is 183 Å². The number of morpholine rings is 1. The molecule has 30 heavy (non-hydrogen) atoms. The van der Waals surface area contributed by atoms with E-state index in [4.69, 9.17) is 14.7 Å². The van der Waals surface area contributed by atoms with E-state index in [1.807, 2.05) is 18.3 Å². The van der Waals surface area contributed by atoms with E-state index < -0.39 is 0 Å². The second-order valence-corrected chi connectivity index (χ2v) is 8.99. The fourth-order valence-corrected chi connectivity index (χ4v) is 5.39. The molecule has 5 rings (SSSR count). The van der Waals surface area contributed by atoms with Gasteiger partial charge in [-0.2, -0.15) is 0 Å². The number of fused-ring (bicyclic) bond motifs is 1. The Morgan fingerprint density at radius 1 is 1.07 bits per heavy atom. The molecule has 0 amide bonds. The highest BCUT2D eigenvalue weighted by molar-refractivity contribution is 7.18. The van der Waals surface area contributed by atoms with E-state index in [-0.39, 0.29) is 0 Å². The first-order chi connectivity index (χ1) is 14.9. The van der Waals surface area contributed by atoms with E-state index in [1.54, 1.807) is 22.7 Å². The van der Waals surface area contributed by atoms with Gasteiger partial charge in [-0.25, -0.2) is 9.97 Å². The van der Waals surface area contributed by atoms with Crippen molar-refractivity contribution < 1.29 is 4.74 Å². The maximum absolute atomic E-state index is 5.47. The van der Waals surface area contributed by atoms with Crippen LogP contribution in [0.2, 0.25) is 0 Å². The highest BCUT2D eigenvalue weighted by Gasteiger charge is 2.18. The molecule has 0 spiro atoms. The lowest BCUT2D eigenvalue weighted by Gasteiger charge is -2.25. The second-order valence-electron chi connectivity index (χ2n) is 7.18. The normalized spacial score (nSPS) is 14.9. The molecule has 154 valence electrons. The first-order valence-electron chi connectivity index (χ1n) is 10.1. The van der Waals surface area contributed by atoms with Crippen molar-refractivity contribution in [2.45, 2.75) is 13.0 Å². The molecule has 0 bridgehead atoms. The molecule has 0 unspecified atom stereocenters. The number of hydrogen-bond acceptors (Lipinski definition) is 8. The van der Waals surface area contributed by atoms with E-state index in [0.29, 0.717) is 0 Å². The van der Waals surface area contributed by atoms with E-state index in [9.17, 15) is 0 Å². The highest BCUT2D eigenvalue weighted by Crippen LogP contribution is 2.39. The van der Waals surface area contributed by atoms with Gasteiger partial charge < -0.3 is 10.1 Å². The molecule has 1 fully saturated rings. The van der Waals surface area contributed by atoms with Crippen LogP contribution in [-0.2, 0) is 17.7 Å². The zero-order chi connectivity index (χ0) is 20.2. The Morgan fingerprint density at radius 3 is 2.80 bits per heavy atom. The van der Waals surface area contributed by atoms with Gasteiger partial charge in [0.1, 0.15) is 16.5 Å². The van der Waals surface area contributed by atoms with Gasteiger partial charge >= 0.3 is 0 Å². The van der Waals surface area contributed by atoms with Crippen molar-refractivity contribution in [1.82, 2.24) is 19.9 Å². The molecular weight excluding hydrogens is 414 g/mol. The minimum absolute atomic E-state index is 0.750. The number of hydrogen-bond donors (Lipinski definition) is 1. The molecule has 1 N–H and O–H groups in total. The summed E-state index contributed by atoms with van der Waals surface area (Å²) >= 11 is 3.44. The number of pyridine rings is 1. The molecule has 4 aromatic heterocycles. The number of anilines is 1. The van der Waals surface area contributed by atoms with Crippen molar-refractivity contribution in [2.75, 3.05) is 38.2 Å². The summed E-state index contributed by atoms with van der Waals surface area (Å²) in [5.41, 5.74) is 2.29. The summed E-state index contributed by atoms with van der Waals surface area (Å²) in [5.74, 6) is 1.79. The van der Waals surface area contributed by atoms with Gasteiger partial charge in [-0.3, -0.25) is 9.88 Å². The Bertz CT molecular complexity index is 1090. The molecule has 1 saturated heterocycles. The van der Waals surface area contributed by atoms with Crippen LogP contribution in [0.15, 0.2) is 47.3 Å². The Kier molecular flexibility index (Phi) is 5.99. The predicted octanol–water partition coefficient (Wildman–Crippen LogP) is 4.30. The maximum Gasteiger partial charge on any atom is 0.146 e. The number of nitrogens with zero attached hydrogens (tertiary/aromatic N) is 4. The van der Waals surface area contributed by atoms with Gasteiger partial charge in [-0.05, 0) is 23.6 Å². The lowest BCUT2D eigenvalue weighted by Crippen LogP contribution is -2.36. The lowest BCUT2D eigenvalue weighted by atomic mass is 10.2. The highest BCUT2D eigenvalue weighted by atomic mass is 32.1. The van der Waals surface area contributed by atoms with Crippen LogP contribution in [-0.4, -0.2) is 52.7 Å². The maximum atomic E-state index is 5.47. The fourth-order valence-electron chi connectivity index (χ4n) is 3.61. The topological polar surface area (TPSA) is 63.2 Å². The molecule has 1 aliphatic rings. The number of ether oxygens (including phenoxy) is 1. The number of aromatic nitrogens is 3. The summed E-state index contributed by atoms with van der Waals surface area (Å²) in [6.07, 6.45) is 2.69. The largest absolute Gasteiger partial charge is 0.379 e. The Balaban J connectivity index is 1.44. The van der Waals surface area contributed by atoms with E-state index in [2.05, 4.69) is 44.2 Å². The second kappa shape index (κ2) is 9.18. The van der Waals surface area contributed by atoms with Crippen molar-refractivity contribution >= 4 is 38.7 Å². The van der Waals surface area contributed by atoms with Crippen molar-refractivity contribution in [1.29, 1.82) is 0 Å². The van der Waals surface area contributed by atoms with E-state index in [0.717, 1.165) is 73.4 Å². The molecule has 4 aromatic rings. The average molecular weight is 438 g/mol. The molecule has 0 atom stereocenters. The lowest BCUT2D eigenvalue weighted by molar-refractivity contribution is 0.0331. The van der Waals surface area contributed by atoms with Crippen LogP contribution in [0.4, 0.5) is 5.82 Å². The Hall–Kier alpha value is -2.39. The third-order valence-electron chi connectivity index (χ3n) is 5.13. The Morgan fingerprint density at radius 2 is 2.00 bits per heavy atom. The number of rotatable bonds is 7. The van der Waals surface area contributed by atoms with Gasteiger partial charge in [0.05, 0.1) is 25.1 Å². The first kappa shape index (κ1) is 19.6. The molecule has 0 saturated carbocycles. The van der Waals surface area contributed by atoms with Crippen LogP contribution in [0.25, 0.3) is 20.7 Å². The third-order valence-corrected chi connectivity index (χ3v) is 6.91. The van der Waals surface area contributed by atoms with Gasteiger partial charge in [-0.15, -0.1) is 22.7 Å². The summed E-state index contributed by atoms with van der Waals surface area (Å²) < 4.78 is 5.47. The van der Waals surface area contributed by atoms with Gasteiger partial charge in [0.15, 0.2) is 0 Å². The molecule has 1 aliphatic heterocycles. The van der Waals surface area contributed by atoms with Crippen molar-refractivity contribution in [3.8, 4) is 10.4 Å². The van der Waals surface area contributed by atoms with E-state index >= 15 is 0 Å². The summed E-state index contributed by atoms with van der Waals surface area (Å²) in [6.45, 7) is 4.93. The van der Waals surface area contributed by atoms with Crippen LogP contribution >= 0.6 is 22.7 Å². The monoisotopic (exact) mass is 437 g/mol. The fraction of sp³-hybridized carbons (Fsp3) is 0.318. The third kappa shape index (κ3) is 4.37. The summed E-state index contributed by atoms with van der Waals surface area (Å²) in [7, 11) is 0. The summed E-state index contributed by atoms with van der Waals surface area (Å²) in [4.78, 5) is 18.9. The van der Waals surface area contributed by atoms with Gasteiger partial charge in [0.2, 0.25) is 0 Å². The minimum Gasteiger partial charge on any atom is -0.379 e. The molecule has 0 radical (unpaired) electrons. The summed E-state index contributed by atoms with van der Waals surface area (Å²) in [5, 5.41) is 9.01. The number of thiophene rings is 2. The van der Waals surface area contributed by atoms with E-state index in [1.165, 1.54) is 10.4 Å². The zero-order valence-electron chi connectivity index (χ0n) is 16.6. The van der Waals surface area contributed by atoms with Crippen LogP contribution in [0, 0.1) is 0 Å². The van der Waals surface area contributed by atoms with Crippen LogP contribution in [0.1, 0.15) is 11.5 Å². The van der Waals surface area contributed by atoms with Crippen molar-refractivity contribution in [2.24, 2.45) is 0 Å². The number of nitrogens with one attached hydrogen (secondary N) is 1. The standard InChI is InChI=1S/C22H23N5OS2/c1-2-7-23-16(4-1)6-8-24-21-20-17(18-5-3-13-29-18)15-30-22(20)26-19(25-21)14-27-9-11-28-12-10-27/h1-5,7,13,15H,6,8-12,14H2,(H,24,25,26). The minimum atomic E-state index is 0.750. The van der Waals surface area contributed by atoms with Crippen LogP contribution < -0.4 is 5.32 Å². The SMILES string of the molecule is c1ccc(CCNc2nc(CN3CCOCC3)nc3scc(-c4cccs4)c23)nc1. The summed E-state index contributed by atoms with van der Waals surface area (Å²) in [6, 6.07) is 10.3. The first-order valence-corrected chi connectivity index (χ1v) is 11.9. The average Bonchev–Trinajstić information content (AvgIpc) is 3.45. The van der Waals surface area contributed by atoms with Crippen LogP contribution in [0.5, 0.6) is 0 Å². The molecule has 0 aliphatic carbocycles. The molecule has 5 heterocycles. The quantitative estimate of drug-likeness (QED) is 0.465. The zero-order valence-corrected chi connectivity index (χ0v) is 18.2. The molecule has 8 heteroatoms. The molecule has 0 aromatic carbocycles. The van der Waals surface area contributed by atoms with Crippen LogP contribution in [0.3, 0.4) is 0 Å². The molecule has 6 nitrogen and oxygen atoms in total. The van der Waals surface area contributed by atoms with Gasteiger partial charge in [-0.1, -0.05) is 12.1 Å². The smallest absolute Gasteiger partial charge is 0.146 e. The molecular formula is C22H23N5OS2. The van der Waals surface area contributed by atoms with Crippen molar-refractivity contribution in [3.63, 3.8) is 0 Å². The van der Waals surface area contributed by atoms with Gasteiger partial charge in [0, 0.05) is 53.8 Å². The predicted molar refractivity (Wildman–Crippen MR) is 123 cm³/mol. The van der Waals surface area contributed by atoms with Crippen molar-refractivity contribution in [3.05, 3.63) is 58.8 Å².